The van der Waals surface area contributed by atoms with E-state index in [1.165, 1.54) is 12.0 Å². The van der Waals surface area contributed by atoms with Gasteiger partial charge in [-0.15, -0.1) is 0 Å². The minimum absolute atomic E-state index is 0.0548. The van der Waals surface area contributed by atoms with Crippen LogP contribution in [0.5, 0.6) is 11.5 Å². The van der Waals surface area contributed by atoms with Crippen LogP contribution in [-0.4, -0.2) is 66.0 Å². The maximum absolute atomic E-state index is 14.2. The zero-order valence-corrected chi connectivity index (χ0v) is 28.5. The van der Waals surface area contributed by atoms with Crippen molar-refractivity contribution in [1.29, 1.82) is 0 Å². The van der Waals surface area contributed by atoms with Crippen LogP contribution in [0.2, 0.25) is 0 Å². The van der Waals surface area contributed by atoms with Crippen molar-refractivity contribution >= 4 is 28.6 Å². The van der Waals surface area contributed by atoms with E-state index in [0.717, 1.165) is 57.3 Å². The number of pyridine rings is 1. The molecule has 9 nitrogen and oxygen atoms in total. The summed E-state index contributed by atoms with van der Waals surface area (Å²) in [6.45, 7) is 3.54. The first-order chi connectivity index (χ1) is 24.5. The summed E-state index contributed by atoms with van der Waals surface area (Å²) in [5.74, 6) is 0.749. The second kappa shape index (κ2) is 15.9. The number of carbonyl (C=O) groups is 3. The predicted molar refractivity (Wildman–Crippen MR) is 191 cm³/mol. The van der Waals surface area contributed by atoms with E-state index in [2.05, 4.69) is 22.3 Å². The Bertz CT molecular complexity index is 1820. The van der Waals surface area contributed by atoms with Gasteiger partial charge in [-0.1, -0.05) is 55.0 Å². The van der Waals surface area contributed by atoms with Crippen molar-refractivity contribution in [1.82, 2.24) is 15.2 Å². The highest BCUT2D eigenvalue weighted by atomic mass is 16.6. The molecule has 1 aliphatic carbocycles. The number of hydrogen-bond acceptors (Lipinski definition) is 8. The van der Waals surface area contributed by atoms with Gasteiger partial charge < -0.3 is 19.5 Å². The Labute approximate surface area is 293 Å². The molecule has 1 amide bonds. The van der Waals surface area contributed by atoms with Gasteiger partial charge in [-0.25, -0.2) is 4.98 Å². The smallest absolute Gasteiger partial charge is 0.306 e. The number of esters is 1. The quantitative estimate of drug-likeness (QED) is 0.162. The van der Waals surface area contributed by atoms with Crippen LogP contribution in [0.15, 0.2) is 78.9 Å². The first-order valence-electron chi connectivity index (χ1n) is 18.1. The number of nitrogens with one attached hydrogen (secondary N) is 1. The number of ether oxygens (including phenoxy) is 3. The standard InChI is InChI=1S/C41H45N3O6/c45-37(23-29-19-20-44(27-29)26-28-9-3-1-4-10-28)35(16-18-40(46)50-31-11-5-2-6-12-31)43-41(47)33-25-36(42-34-14-8-7-13-32(33)34)30-15-17-38-39(24-30)49-22-21-48-38/h1,3-4,7-10,13-15,17,24-25,29,31,35H,2,5-6,11-12,16,18-23,26-27H2,(H,43,47). The lowest BCUT2D eigenvalue weighted by Crippen LogP contribution is -2.42. The fraction of sp³-hybridized carbons (Fsp3) is 0.415. The molecule has 0 bridgehead atoms. The van der Waals surface area contributed by atoms with Crippen LogP contribution in [-0.2, 0) is 20.9 Å². The fourth-order valence-corrected chi connectivity index (χ4v) is 7.44. The van der Waals surface area contributed by atoms with Gasteiger partial charge in [0, 0.05) is 36.9 Å². The van der Waals surface area contributed by atoms with Crippen LogP contribution in [0.25, 0.3) is 22.2 Å². The Kier molecular flexibility index (Phi) is 10.7. The van der Waals surface area contributed by atoms with E-state index >= 15 is 0 Å². The Hall–Kier alpha value is -4.76. The number of Topliss-reactive ketones (excluding diaryl/α,β-unsaturated/α-hetero) is 1. The minimum Gasteiger partial charge on any atom is -0.486 e. The van der Waals surface area contributed by atoms with Gasteiger partial charge in [0.05, 0.1) is 22.8 Å². The molecule has 3 aromatic carbocycles. The molecule has 50 heavy (non-hydrogen) atoms. The molecule has 1 aromatic heterocycles. The lowest BCUT2D eigenvalue weighted by Gasteiger charge is -2.23. The van der Waals surface area contributed by atoms with Gasteiger partial charge in [0.15, 0.2) is 17.3 Å². The highest BCUT2D eigenvalue weighted by Crippen LogP contribution is 2.35. The van der Waals surface area contributed by atoms with Crippen LogP contribution in [0.3, 0.4) is 0 Å². The van der Waals surface area contributed by atoms with Gasteiger partial charge in [-0.3, -0.25) is 19.3 Å². The summed E-state index contributed by atoms with van der Waals surface area (Å²) in [5.41, 5.74) is 3.72. The number of para-hydroxylation sites is 1. The molecular weight excluding hydrogens is 630 g/mol. The molecule has 4 aromatic rings. The Balaban J connectivity index is 1.09. The maximum Gasteiger partial charge on any atom is 0.306 e. The highest BCUT2D eigenvalue weighted by molar-refractivity contribution is 6.08. The third-order valence-electron chi connectivity index (χ3n) is 10.1. The summed E-state index contributed by atoms with van der Waals surface area (Å²) >= 11 is 0. The third-order valence-corrected chi connectivity index (χ3v) is 10.1. The number of hydrogen-bond donors (Lipinski definition) is 1. The zero-order chi connectivity index (χ0) is 34.3. The number of ketones is 1. The summed E-state index contributed by atoms with van der Waals surface area (Å²) in [4.78, 5) is 48.4. The number of likely N-dealkylation sites (tertiary alicyclic amines) is 1. The van der Waals surface area contributed by atoms with Crippen LogP contribution in [0.1, 0.15) is 73.7 Å². The molecule has 1 saturated carbocycles. The number of carbonyl (C=O) groups excluding carboxylic acids is 3. The van der Waals surface area contributed by atoms with E-state index in [1.807, 2.05) is 60.7 Å². The van der Waals surface area contributed by atoms with E-state index in [4.69, 9.17) is 19.2 Å². The fourth-order valence-electron chi connectivity index (χ4n) is 7.44. The van der Waals surface area contributed by atoms with Crippen LogP contribution in [0, 0.1) is 5.92 Å². The van der Waals surface area contributed by atoms with Crippen molar-refractivity contribution in [3.8, 4) is 22.8 Å². The average Bonchev–Trinajstić information content (AvgIpc) is 3.59. The van der Waals surface area contributed by atoms with E-state index < -0.39 is 6.04 Å². The van der Waals surface area contributed by atoms with Gasteiger partial charge in [0.25, 0.3) is 5.91 Å². The van der Waals surface area contributed by atoms with Gasteiger partial charge in [-0.05, 0) is 86.9 Å². The molecule has 2 fully saturated rings. The van der Waals surface area contributed by atoms with Gasteiger partial charge in [0.1, 0.15) is 19.3 Å². The Morgan fingerprint density at radius 1 is 0.880 bits per heavy atom. The summed E-state index contributed by atoms with van der Waals surface area (Å²) in [6, 6.07) is 24.4. The molecule has 0 spiro atoms. The molecule has 1 saturated heterocycles. The second-order valence-electron chi connectivity index (χ2n) is 13.8. The van der Waals surface area contributed by atoms with Crippen molar-refractivity contribution in [3.05, 3.63) is 90.0 Å². The first kappa shape index (κ1) is 33.7. The molecule has 0 radical (unpaired) electrons. The summed E-state index contributed by atoms with van der Waals surface area (Å²) in [7, 11) is 0. The van der Waals surface area contributed by atoms with Crippen molar-refractivity contribution < 1.29 is 28.6 Å². The molecule has 3 heterocycles. The van der Waals surface area contributed by atoms with E-state index in [1.54, 1.807) is 6.07 Å². The van der Waals surface area contributed by atoms with Crippen molar-refractivity contribution in [3.63, 3.8) is 0 Å². The van der Waals surface area contributed by atoms with E-state index in [9.17, 15) is 14.4 Å². The van der Waals surface area contributed by atoms with Gasteiger partial charge in [-0.2, -0.15) is 0 Å². The minimum atomic E-state index is -0.825. The van der Waals surface area contributed by atoms with Crippen LogP contribution >= 0.6 is 0 Å². The Morgan fingerprint density at radius 3 is 2.50 bits per heavy atom. The highest BCUT2D eigenvalue weighted by Gasteiger charge is 2.30. The van der Waals surface area contributed by atoms with Gasteiger partial charge in [0.2, 0.25) is 0 Å². The van der Waals surface area contributed by atoms with Crippen molar-refractivity contribution in [2.45, 2.75) is 76.5 Å². The number of amides is 1. The monoisotopic (exact) mass is 675 g/mol. The zero-order valence-electron chi connectivity index (χ0n) is 28.5. The Morgan fingerprint density at radius 2 is 1.66 bits per heavy atom. The van der Waals surface area contributed by atoms with Gasteiger partial charge >= 0.3 is 5.97 Å². The summed E-state index contributed by atoms with van der Waals surface area (Å²) in [6.07, 6.45) is 6.51. The number of benzene rings is 3. The predicted octanol–water partition coefficient (Wildman–Crippen LogP) is 6.91. The summed E-state index contributed by atoms with van der Waals surface area (Å²) in [5, 5.41) is 3.74. The SMILES string of the molecule is O=C(CCC(NC(=O)c1cc(-c2ccc3c(c2)OCCO3)nc2ccccc12)C(=O)CC1CCN(Cc2ccccc2)C1)OC1CCCCC1. The van der Waals surface area contributed by atoms with Crippen LogP contribution < -0.4 is 14.8 Å². The molecule has 1 N–H and O–H groups in total. The second-order valence-corrected chi connectivity index (χ2v) is 13.8. The number of rotatable bonds is 12. The molecule has 2 aliphatic heterocycles. The topological polar surface area (TPSA) is 107 Å². The third kappa shape index (κ3) is 8.33. The van der Waals surface area contributed by atoms with Crippen molar-refractivity contribution in [2.24, 2.45) is 5.92 Å². The largest absolute Gasteiger partial charge is 0.486 e. The molecule has 3 aliphatic rings. The average molecular weight is 676 g/mol. The molecule has 7 rings (SSSR count). The van der Waals surface area contributed by atoms with E-state index in [-0.39, 0.29) is 42.5 Å². The molecule has 2 atom stereocenters. The molecule has 260 valence electrons. The number of nitrogens with zero attached hydrogens (tertiary/aromatic N) is 2. The molecule has 9 heteroatoms. The molecular formula is C41H45N3O6. The van der Waals surface area contributed by atoms with Crippen LogP contribution in [0.4, 0.5) is 0 Å². The maximum atomic E-state index is 14.2. The normalized spacial score (nSPS) is 18.4. The first-order valence-corrected chi connectivity index (χ1v) is 18.1. The lowest BCUT2D eigenvalue weighted by atomic mass is 9.94. The lowest BCUT2D eigenvalue weighted by molar-refractivity contribution is -0.150. The summed E-state index contributed by atoms with van der Waals surface area (Å²) < 4.78 is 17.3. The van der Waals surface area contributed by atoms with E-state index in [0.29, 0.717) is 53.3 Å². The number of aromatic nitrogens is 1. The van der Waals surface area contributed by atoms with Crippen molar-refractivity contribution in [2.75, 3.05) is 26.3 Å². The molecule has 2 unspecified atom stereocenters. The number of fused-ring (bicyclic) bond motifs is 2.